The van der Waals surface area contributed by atoms with Crippen molar-refractivity contribution >= 4 is 5.97 Å². The molecule has 0 radical (unpaired) electrons. The zero-order valence-electron chi connectivity index (χ0n) is 9.84. The van der Waals surface area contributed by atoms with E-state index in [2.05, 4.69) is 10.3 Å². The third-order valence-corrected chi connectivity index (χ3v) is 2.40. The highest BCUT2D eigenvalue weighted by molar-refractivity contribution is 5.73. The van der Waals surface area contributed by atoms with Gasteiger partial charge in [0.2, 0.25) is 0 Å². The smallest absolute Gasteiger partial charge is 0.320 e. The zero-order valence-corrected chi connectivity index (χ0v) is 9.84. The van der Waals surface area contributed by atoms with Crippen molar-refractivity contribution in [3.8, 4) is 6.07 Å². The summed E-state index contributed by atoms with van der Waals surface area (Å²) in [6.07, 6.45) is 1.54. The van der Waals surface area contributed by atoms with Gasteiger partial charge in [-0.05, 0) is 23.6 Å². The molecule has 0 aliphatic carbocycles. The average molecular weight is 233 g/mol. The van der Waals surface area contributed by atoms with Gasteiger partial charge in [-0.15, -0.1) is 0 Å². The van der Waals surface area contributed by atoms with Gasteiger partial charge in [0.1, 0.15) is 17.8 Å². The van der Waals surface area contributed by atoms with Gasteiger partial charge in [-0.1, -0.05) is 13.8 Å². The van der Waals surface area contributed by atoms with Crippen LogP contribution in [0, 0.1) is 17.2 Å². The molecule has 17 heavy (non-hydrogen) atoms. The van der Waals surface area contributed by atoms with Crippen LogP contribution in [0.1, 0.15) is 25.1 Å². The maximum Gasteiger partial charge on any atom is 0.320 e. The molecule has 0 aliphatic rings. The van der Waals surface area contributed by atoms with Crippen LogP contribution in [0.3, 0.4) is 0 Å². The first-order valence-corrected chi connectivity index (χ1v) is 5.35. The van der Waals surface area contributed by atoms with Crippen LogP contribution in [0.15, 0.2) is 18.3 Å². The van der Waals surface area contributed by atoms with Crippen molar-refractivity contribution in [1.82, 2.24) is 10.3 Å². The Balaban J connectivity index is 2.66. The molecule has 1 unspecified atom stereocenters. The monoisotopic (exact) mass is 233 g/mol. The van der Waals surface area contributed by atoms with Crippen molar-refractivity contribution in [3.63, 3.8) is 0 Å². The fourth-order valence-electron chi connectivity index (χ4n) is 1.48. The summed E-state index contributed by atoms with van der Waals surface area (Å²) >= 11 is 0. The SMILES string of the molecule is CC(C)C(NCc1ccnc(C#N)c1)C(=O)O. The summed E-state index contributed by atoms with van der Waals surface area (Å²) in [5.41, 5.74) is 1.18. The number of nitrogens with one attached hydrogen (secondary N) is 1. The van der Waals surface area contributed by atoms with Gasteiger partial charge in [0.05, 0.1) is 0 Å². The molecular weight excluding hydrogens is 218 g/mol. The molecule has 0 spiro atoms. The van der Waals surface area contributed by atoms with E-state index in [-0.39, 0.29) is 5.92 Å². The van der Waals surface area contributed by atoms with E-state index < -0.39 is 12.0 Å². The third-order valence-electron chi connectivity index (χ3n) is 2.40. The van der Waals surface area contributed by atoms with E-state index in [4.69, 9.17) is 10.4 Å². The van der Waals surface area contributed by atoms with Gasteiger partial charge >= 0.3 is 5.97 Å². The van der Waals surface area contributed by atoms with Crippen LogP contribution in [-0.2, 0) is 11.3 Å². The van der Waals surface area contributed by atoms with E-state index in [0.717, 1.165) is 5.56 Å². The first-order valence-electron chi connectivity index (χ1n) is 5.35. The summed E-state index contributed by atoms with van der Waals surface area (Å²) in [7, 11) is 0. The first-order chi connectivity index (χ1) is 8.04. The molecule has 1 heterocycles. The van der Waals surface area contributed by atoms with E-state index in [1.54, 1.807) is 18.3 Å². The van der Waals surface area contributed by atoms with Crippen LogP contribution in [0.25, 0.3) is 0 Å². The number of carboxylic acids is 1. The second kappa shape index (κ2) is 5.97. The van der Waals surface area contributed by atoms with E-state index in [9.17, 15) is 4.79 Å². The summed E-state index contributed by atoms with van der Waals surface area (Å²) in [5.74, 6) is -0.862. The lowest BCUT2D eigenvalue weighted by molar-refractivity contribution is -0.140. The second-order valence-electron chi connectivity index (χ2n) is 4.10. The van der Waals surface area contributed by atoms with Gasteiger partial charge in [0, 0.05) is 12.7 Å². The maximum atomic E-state index is 11.0. The van der Waals surface area contributed by atoms with Crippen LogP contribution < -0.4 is 5.32 Å². The molecule has 0 saturated carbocycles. The molecule has 2 N–H and O–H groups in total. The zero-order chi connectivity index (χ0) is 12.8. The van der Waals surface area contributed by atoms with Crippen molar-refractivity contribution in [2.45, 2.75) is 26.4 Å². The minimum Gasteiger partial charge on any atom is -0.480 e. The van der Waals surface area contributed by atoms with Gasteiger partial charge in [0.15, 0.2) is 0 Å². The van der Waals surface area contributed by atoms with Crippen molar-refractivity contribution in [2.75, 3.05) is 0 Å². The fourth-order valence-corrected chi connectivity index (χ4v) is 1.48. The Labute approximate surface area is 100 Å². The topological polar surface area (TPSA) is 86.0 Å². The molecule has 1 aromatic rings. The van der Waals surface area contributed by atoms with E-state index in [0.29, 0.717) is 12.2 Å². The van der Waals surface area contributed by atoms with Crippen molar-refractivity contribution in [1.29, 1.82) is 5.26 Å². The highest BCUT2D eigenvalue weighted by Crippen LogP contribution is 2.05. The number of nitrogens with zero attached hydrogens (tertiary/aromatic N) is 2. The maximum absolute atomic E-state index is 11.0. The van der Waals surface area contributed by atoms with E-state index in [1.807, 2.05) is 19.9 Å². The Bertz CT molecular complexity index is 438. The number of nitriles is 1. The Kier molecular flexibility index (Phi) is 4.61. The van der Waals surface area contributed by atoms with Crippen LogP contribution >= 0.6 is 0 Å². The second-order valence-corrected chi connectivity index (χ2v) is 4.10. The lowest BCUT2D eigenvalue weighted by atomic mass is 10.0. The van der Waals surface area contributed by atoms with Gasteiger partial charge < -0.3 is 10.4 Å². The Morgan fingerprint density at radius 2 is 2.35 bits per heavy atom. The lowest BCUT2D eigenvalue weighted by Gasteiger charge is -2.17. The summed E-state index contributed by atoms with van der Waals surface area (Å²) < 4.78 is 0. The Hall–Kier alpha value is -1.93. The molecule has 0 saturated heterocycles. The standard InChI is InChI=1S/C12H15N3O2/c1-8(2)11(12(16)17)15-7-9-3-4-14-10(5-9)6-13/h3-5,8,11,15H,7H2,1-2H3,(H,16,17). The van der Waals surface area contributed by atoms with Crippen molar-refractivity contribution < 1.29 is 9.90 Å². The number of carbonyl (C=O) groups is 1. The van der Waals surface area contributed by atoms with Gasteiger partial charge in [-0.25, -0.2) is 4.98 Å². The van der Waals surface area contributed by atoms with Crippen LogP contribution in [0.2, 0.25) is 0 Å². The summed E-state index contributed by atoms with van der Waals surface area (Å²) in [4.78, 5) is 14.8. The predicted octanol–water partition coefficient (Wildman–Crippen LogP) is 1.15. The normalized spacial score (nSPS) is 12.1. The third kappa shape index (κ3) is 3.85. The number of carboxylic acid groups (broad SMARTS) is 1. The average Bonchev–Trinajstić information content (AvgIpc) is 2.28. The quantitative estimate of drug-likeness (QED) is 0.796. The molecule has 1 aromatic heterocycles. The number of rotatable bonds is 5. The van der Waals surface area contributed by atoms with Gasteiger partial charge in [-0.3, -0.25) is 4.79 Å². The molecule has 0 amide bonds. The van der Waals surface area contributed by atoms with E-state index in [1.165, 1.54) is 0 Å². The fraction of sp³-hybridized carbons (Fsp3) is 0.417. The molecular formula is C12H15N3O2. The summed E-state index contributed by atoms with van der Waals surface area (Å²) in [6.45, 7) is 4.10. The van der Waals surface area contributed by atoms with Crippen LogP contribution in [0.4, 0.5) is 0 Å². The molecule has 0 aliphatic heterocycles. The molecule has 0 aromatic carbocycles. The predicted molar refractivity (Wildman–Crippen MR) is 62.1 cm³/mol. The Morgan fingerprint density at radius 1 is 1.65 bits per heavy atom. The molecule has 0 fully saturated rings. The number of aliphatic carboxylic acids is 1. The van der Waals surface area contributed by atoms with Gasteiger partial charge in [0.25, 0.3) is 0 Å². The molecule has 0 bridgehead atoms. The number of aromatic nitrogens is 1. The minimum atomic E-state index is -0.866. The number of hydrogen-bond donors (Lipinski definition) is 2. The van der Waals surface area contributed by atoms with Crippen molar-refractivity contribution in [2.24, 2.45) is 5.92 Å². The lowest BCUT2D eigenvalue weighted by Crippen LogP contribution is -2.40. The molecule has 5 nitrogen and oxygen atoms in total. The highest BCUT2D eigenvalue weighted by Gasteiger charge is 2.20. The van der Waals surface area contributed by atoms with Gasteiger partial charge in [-0.2, -0.15) is 5.26 Å². The number of pyridine rings is 1. The summed E-state index contributed by atoms with van der Waals surface area (Å²) in [5, 5.41) is 20.6. The molecule has 1 rings (SSSR count). The minimum absolute atomic E-state index is 0.00442. The number of hydrogen-bond acceptors (Lipinski definition) is 4. The van der Waals surface area contributed by atoms with Crippen LogP contribution in [0.5, 0.6) is 0 Å². The molecule has 90 valence electrons. The summed E-state index contributed by atoms with van der Waals surface area (Å²) in [6, 6.07) is 4.76. The molecule has 1 atom stereocenters. The van der Waals surface area contributed by atoms with E-state index >= 15 is 0 Å². The molecule has 5 heteroatoms. The highest BCUT2D eigenvalue weighted by atomic mass is 16.4. The largest absolute Gasteiger partial charge is 0.480 e. The Morgan fingerprint density at radius 3 is 2.88 bits per heavy atom. The first kappa shape index (κ1) is 13.1. The van der Waals surface area contributed by atoms with Crippen LogP contribution in [-0.4, -0.2) is 22.1 Å². The van der Waals surface area contributed by atoms with Crippen molar-refractivity contribution in [3.05, 3.63) is 29.6 Å².